The second-order valence-corrected chi connectivity index (χ2v) is 10.2. The van der Waals surface area contributed by atoms with Crippen LogP contribution in [0.2, 0.25) is 0 Å². The lowest BCUT2D eigenvalue weighted by atomic mass is 9.99. The standard InChI is InChI=1S/C27H37N7O3/c1-17(35)5-8-30-15-21(28)26(33(4)29)22-12-23-20(14-31-22)25-24(11-19(13-32-25)27(2,3)36)34(23)16-18-6-9-37-10-7-18/h5,8,11-14,18,30,36H,6-7,9-10,15-16,28-29H2,1-4H3/b8-5?,26-21-. The first kappa shape index (κ1) is 26.6. The van der Waals surface area contributed by atoms with E-state index in [4.69, 9.17) is 26.3 Å². The molecule has 0 atom stereocenters. The zero-order valence-corrected chi connectivity index (χ0v) is 22.0. The molecule has 0 radical (unpaired) electrons. The number of ketones is 1. The number of carbonyl (C=O) groups excluding carboxylic acids is 1. The van der Waals surface area contributed by atoms with E-state index in [1.165, 1.54) is 18.0 Å². The molecule has 3 aromatic rings. The molecule has 1 fully saturated rings. The third-order valence-corrected chi connectivity index (χ3v) is 6.70. The summed E-state index contributed by atoms with van der Waals surface area (Å²) in [6.45, 7) is 7.61. The molecule has 0 spiro atoms. The number of pyridine rings is 2. The molecule has 10 nitrogen and oxygen atoms in total. The fourth-order valence-corrected chi connectivity index (χ4v) is 4.70. The number of allylic oxidation sites excluding steroid dienone is 1. The van der Waals surface area contributed by atoms with E-state index in [9.17, 15) is 9.90 Å². The molecule has 0 aromatic carbocycles. The maximum absolute atomic E-state index is 11.2. The van der Waals surface area contributed by atoms with Gasteiger partial charge in [0.05, 0.1) is 45.8 Å². The fourth-order valence-electron chi connectivity index (χ4n) is 4.70. The average Bonchev–Trinajstić information content (AvgIpc) is 3.14. The summed E-state index contributed by atoms with van der Waals surface area (Å²) in [6, 6.07) is 4.02. The van der Waals surface area contributed by atoms with E-state index in [0.717, 1.165) is 60.1 Å². The van der Waals surface area contributed by atoms with Crippen molar-refractivity contribution >= 4 is 33.4 Å². The third-order valence-electron chi connectivity index (χ3n) is 6.70. The van der Waals surface area contributed by atoms with Gasteiger partial charge in [0.25, 0.3) is 0 Å². The molecule has 1 aliphatic heterocycles. The molecule has 198 valence electrons. The molecule has 0 saturated carbocycles. The van der Waals surface area contributed by atoms with Crippen LogP contribution in [-0.4, -0.2) is 57.2 Å². The molecule has 4 rings (SSSR count). The highest BCUT2D eigenvalue weighted by Gasteiger charge is 2.23. The lowest BCUT2D eigenvalue weighted by Gasteiger charge is -2.24. The Morgan fingerprint density at radius 2 is 2.00 bits per heavy atom. The van der Waals surface area contributed by atoms with Gasteiger partial charge >= 0.3 is 0 Å². The SMILES string of the molecule is CC(=O)C=CNC/C(N)=C(\c1cc2c(cn1)c1ncc(C(C)(C)O)cc1n2CC1CCOCC1)N(C)N. The Morgan fingerprint density at radius 1 is 1.27 bits per heavy atom. The smallest absolute Gasteiger partial charge is 0.154 e. The van der Waals surface area contributed by atoms with E-state index in [0.29, 0.717) is 29.6 Å². The van der Waals surface area contributed by atoms with Gasteiger partial charge in [0, 0.05) is 56.3 Å². The largest absolute Gasteiger partial charge is 0.399 e. The lowest BCUT2D eigenvalue weighted by Crippen LogP contribution is -2.30. The summed E-state index contributed by atoms with van der Waals surface area (Å²) in [6.07, 6.45) is 8.52. The number of aliphatic hydroxyl groups is 1. The number of rotatable bonds is 9. The molecule has 1 saturated heterocycles. The summed E-state index contributed by atoms with van der Waals surface area (Å²) >= 11 is 0. The summed E-state index contributed by atoms with van der Waals surface area (Å²) in [5, 5.41) is 16.0. The summed E-state index contributed by atoms with van der Waals surface area (Å²) in [5.74, 6) is 6.60. The second-order valence-electron chi connectivity index (χ2n) is 10.2. The molecule has 0 aliphatic carbocycles. The molecule has 4 heterocycles. The van der Waals surface area contributed by atoms with Gasteiger partial charge in [-0.25, -0.2) is 5.84 Å². The molecular weight excluding hydrogens is 470 g/mol. The first-order valence-electron chi connectivity index (χ1n) is 12.5. The van der Waals surface area contributed by atoms with Crippen LogP contribution in [-0.2, 0) is 21.7 Å². The van der Waals surface area contributed by atoms with E-state index in [-0.39, 0.29) is 5.78 Å². The molecule has 6 N–H and O–H groups in total. The second kappa shape index (κ2) is 10.9. The van der Waals surface area contributed by atoms with Crippen LogP contribution in [0.15, 0.2) is 42.5 Å². The van der Waals surface area contributed by atoms with Crippen molar-refractivity contribution in [1.29, 1.82) is 0 Å². The summed E-state index contributed by atoms with van der Waals surface area (Å²) in [7, 11) is 1.72. The molecule has 37 heavy (non-hydrogen) atoms. The summed E-state index contributed by atoms with van der Waals surface area (Å²) in [4.78, 5) is 20.6. The van der Waals surface area contributed by atoms with Gasteiger partial charge in [0.2, 0.25) is 0 Å². The minimum absolute atomic E-state index is 0.0583. The zero-order chi connectivity index (χ0) is 26.7. The van der Waals surface area contributed by atoms with Crippen LogP contribution in [0.1, 0.15) is 44.9 Å². The third kappa shape index (κ3) is 5.93. The van der Waals surface area contributed by atoms with Crippen LogP contribution < -0.4 is 16.9 Å². The first-order chi connectivity index (χ1) is 17.6. The van der Waals surface area contributed by atoms with E-state index in [2.05, 4.69) is 9.88 Å². The molecule has 0 amide bonds. The fraction of sp³-hybridized carbons (Fsp3) is 0.444. The van der Waals surface area contributed by atoms with Gasteiger partial charge in [0.1, 0.15) is 0 Å². The normalized spacial score (nSPS) is 15.9. The van der Waals surface area contributed by atoms with Crippen molar-refractivity contribution < 1.29 is 14.6 Å². The predicted molar refractivity (Wildman–Crippen MR) is 145 cm³/mol. The van der Waals surface area contributed by atoms with Crippen molar-refractivity contribution in [1.82, 2.24) is 24.9 Å². The van der Waals surface area contributed by atoms with E-state index < -0.39 is 5.60 Å². The Morgan fingerprint density at radius 3 is 2.65 bits per heavy atom. The van der Waals surface area contributed by atoms with Crippen LogP contribution in [0.3, 0.4) is 0 Å². The Labute approximate surface area is 217 Å². The van der Waals surface area contributed by atoms with Gasteiger partial charge in [-0.15, -0.1) is 0 Å². The molecule has 0 unspecified atom stereocenters. The highest BCUT2D eigenvalue weighted by atomic mass is 16.5. The minimum atomic E-state index is -1.01. The van der Waals surface area contributed by atoms with Gasteiger partial charge in [-0.3, -0.25) is 14.8 Å². The number of carbonyl (C=O) groups is 1. The monoisotopic (exact) mass is 507 g/mol. The maximum atomic E-state index is 11.2. The van der Waals surface area contributed by atoms with Crippen LogP contribution in [0.25, 0.3) is 27.6 Å². The van der Waals surface area contributed by atoms with E-state index in [1.54, 1.807) is 33.3 Å². The topological polar surface area (TPSA) is 145 Å². The zero-order valence-electron chi connectivity index (χ0n) is 22.0. The Bertz CT molecular complexity index is 1350. The molecule has 0 bridgehead atoms. The molecule has 3 aromatic heterocycles. The first-order valence-corrected chi connectivity index (χ1v) is 12.5. The molecule has 10 heteroatoms. The number of nitrogens with zero attached hydrogens (tertiary/aromatic N) is 4. The van der Waals surface area contributed by atoms with Gasteiger partial charge < -0.3 is 30.5 Å². The average molecular weight is 508 g/mol. The van der Waals surface area contributed by atoms with Gasteiger partial charge in [-0.1, -0.05) is 0 Å². The predicted octanol–water partition coefficient (Wildman–Crippen LogP) is 2.36. The highest BCUT2D eigenvalue weighted by Crippen LogP contribution is 2.33. The van der Waals surface area contributed by atoms with Gasteiger partial charge in [-0.05, 0) is 57.7 Å². The Kier molecular flexibility index (Phi) is 7.82. The Balaban J connectivity index is 1.84. The van der Waals surface area contributed by atoms with Crippen LogP contribution >= 0.6 is 0 Å². The number of hydrazine groups is 1. The van der Waals surface area contributed by atoms with E-state index in [1.807, 2.05) is 18.3 Å². The Hall–Kier alpha value is -3.47. The van der Waals surface area contributed by atoms with Crippen LogP contribution in [0.4, 0.5) is 0 Å². The number of hydrogen-bond acceptors (Lipinski definition) is 9. The summed E-state index contributed by atoms with van der Waals surface area (Å²) in [5.41, 5.74) is 10.6. The van der Waals surface area contributed by atoms with Crippen molar-refractivity contribution in [3.63, 3.8) is 0 Å². The van der Waals surface area contributed by atoms with Crippen LogP contribution in [0.5, 0.6) is 0 Å². The maximum Gasteiger partial charge on any atom is 0.154 e. The van der Waals surface area contributed by atoms with Gasteiger partial charge in [0.15, 0.2) is 5.78 Å². The van der Waals surface area contributed by atoms with Crippen molar-refractivity contribution in [3.8, 4) is 0 Å². The number of hydrogen-bond donors (Lipinski definition) is 4. The number of fused-ring (bicyclic) bond motifs is 3. The van der Waals surface area contributed by atoms with Crippen molar-refractivity contribution in [2.45, 2.75) is 45.8 Å². The molecular formula is C27H37N7O3. The van der Waals surface area contributed by atoms with Crippen molar-refractivity contribution in [2.24, 2.45) is 17.5 Å². The minimum Gasteiger partial charge on any atom is -0.399 e. The van der Waals surface area contributed by atoms with Gasteiger partial charge in [-0.2, -0.15) is 0 Å². The number of ether oxygens (including phenoxy) is 1. The van der Waals surface area contributed by atoms with Crippen LogP contribution in [0, 0.1) is 5.92 Å². The number of nitrogens with one attached hydrogen (secondary N) is 1. The lowest BCUT2D eigenvalue weighted by molar-refractivity contribution is -0.112. The number of nitrogens with two attached hydrogens (primary N) is 2. The summed E-state index contributed by atoms with van der Waals surface area (Å²) < 4.78 is 7.85. The number of aromatic nitrogens is 3. The highest BCUT2D eigenvalue weighted by molar-refractivity contribution is 6.06. The van der Waals surface area contributed by atoms with Crippen molar-refractivity contribution in [2.75, 3.05) is 26.8 Å². The van der Waals surface area contributed by atoms with E-state index >= 15 is 0 Å². The molecule has 1 aliphatic rings. The van der Waals surface area contributed by atoms with Crippen molar-refractivity contribution in [3.05, 3.63) is 53.8 Å². The quantitative estimate of drug-likeness (QED) is 0.195.